The monoisotopic (exact) mass is 402 g/mol. The van der Waals surface area contributed by atoms with E-state index in [0.717, 1.165) is 4.47 Å². The van der Waals surface area contributed by atoms with Crippen molar-refractivity contribution in [1.82, 2.24) is 0 Å². The lowest BCUT2D eigenvalue weighted by Crippen LogP contribution is -2.11. The zero-order valence-electron chi connectivity index (χ0n) is 9.58. The molecule has 3 nitrogen and oxygen atoms in total. The van der Waals surface area contributed by atoms with E-state index < -0.39 is 0 Å². The number of hydrogen-bond donors (Lipinski definition) is 2. The zero-order valence-corrected chi connectivity index (χ0v) is 13.5. The molecule has 2 aromatic carbocycles. The minimum absolute atomic E-state index is 0.00101. The number of rotatable bonds is 3. The number of halogens is 3. The fraction of sp³-hybridized carbons (Fsp3) is 0. The molecular formula is C13H9Br2ClN2O. The minimum Gasteiger partial charge on any atom is -0.456 e. The molecular weight excluding hydrogens is 395 g/mol. The number of nitrogen functional groups attached to an aromatic ring is 1. The first-order valence-corrected chi connectivity index (χ1v) is 7.20. The molecule has 0 bridgehead atoms. The molecule has 0 atom stereocenters. The summed E-state index contributed by atoms with van der Waals surface area (Å²) in [5, 5.41) is 7.93. The van der Waals surface area contributed by atoms with Crippen molar-refractivity contribution in [2.45, 2.75) is 0 Å². The molecule has 0 saturated carbocycles. The molecule has 98 valence electrons. The van der Waals surface area contributed by atoms with Crippen LogP contribution in [-0.4, -0.2) is 5.84 Å². The molecule has 0 aliphatic carbocycles. The second-order valence-corrected chi connectivity index (χ2v) is 5.91. The van der Waals surface area contributed by atoms with Crippen molar-refractivity contribution in [3.63, 3.8) is 0 Å². The molecule has 0 aromatic heterocycles. The summed E-state index contributed by atoms with van der Waals surface area (Å²) in [6.45, 7) is 0. The third kappa shape index (κ3) is 3.49. The molecule has 0 fully saturated rings. The van der Waals surface area contributed by atoms with Gasteiger partial charge in [0.25, 0.3) is 0 Å². The van der Waals surface area contributed by atoms with Gasteiger partial charge in [0.05, 0.1) is 5.02 Å². The van der Waals surface area contributed by atoms with Crippen molar-refractivity contribution in [3.8, 4) is 11.5 Å². The Balaban J connectivity index is 2.31. The summed E-state index contributed by atoms with van der Waals surface area (Å²) in [4.78, 5) is 0. The second-order valence-electron chi connectivity index (χ2n) is 3.73. The van der Waals surface area contributed by atoms with Crippen molar-refractivity contribution < 1.29 is 4.74 Å². The predicted molar refractivity (Wildman–Crippen MR) is 84.4 cm³/mol. The van der Waals surface area contributed by atoms with Gasteiger partial charge in [-0.1, -0.05) is 27.5 Å². The number of ether oxygens (including phenoxy) is 1. The minimum atomic E-state index is -0.00101. The molecule has 0 heterocycles. The Morgan fingerprint density at radius 2 is 1.89 bits per heavy atom. The lowest BCUT2D eigenvalue weighted by molar-refractivity contribution is 0.482. The molecule has 3 N–H and O–H groups in total. The van der Waals surface area contributed by atoms with Gasteiger partial charge in [-0.25, -0.2) is 0 Å². The molecule has 19 heavy (non-hydrogen) atoms. The molecule has 0 aliphatic rings. The smallest absolute Gasteiger partial charge is 0.147 e. The van der Waals surface area contributed by atoms with Gasteiger partial charge in [0.1, 0.15) is 17.3 Å². The van der Waals surface area contributed by atoms with E-state index >= 15 is 0 Å². The van der Waals surface area contributed by atoms with Crippen LogP contribution in [0.5, 0.6) is 11.5 Å². The summed E-state index contributed by atoms with van der Waals surface area (Å²) in [5.74, 6) is 1.16. The summed E-state index contributed by atoms with van der Waals surface area (Å²) in [6.07, 6.45) is 0. The van der Waals surface area contributed by atoms with Gasteiger partial charge < -0.3 is 10.5 Å². The summed E-state index contributed by atoms with van der Waals surface area (Å²) in [5.41, 5.74) is 6.06. The number of hydrogen-bond acceptors (Lipinski definition) is 2. The van der Waals surface area contributed by atoms with Crippen LogP contribution in [0.2, 0.25) is 5.02 Å². The maximum absolute atomic E-state index is 7.41. The summed E-state index contributed by atoms with van der Waals surface area (Å²) >= 11 is 12.8. The molecule has 0 amide bonds. The third-order valence-corrected chi connectivity index (χ3v) is 3.81. The van der Waals surface area contributed by atoms with Gasteiger partial charge in [0.2, 0.25) is 0 Å². The SMILES string of the molecule is N=C(N)c1ccc(Oc2cc(Br)ccc2Cl)cc1Br. The van der Waals surface area contributed by atoms with Gasteiger partial charge in [0.15, 0.2) is 0 Å². The quantitative estimate of drug-likeness (QED) is 0.562. The van der Waals surface area contributed by atoms with Crippen molar-refractivity contribution in [3.05, 3.63) is 55.9 Å². The van der Waals surface area contributed by atoms with E-state index in [1.807, 2.05) is 6.07 Å². The van der Waals surface area contributed by atoms with Gasteiger partial charge in [-0.3, -0.25) is 5.41 Å². The number of amidine groups is 1. The molecule has 2 rings (SSSR count). The molecule has 0 saturated heterocycles. The van der Waals surface area contributed by atoms with Crippen LogP contribution in [0.3, 0.4) is 0 Å². The molecule has 6 heteroatoms. The number of benzene rings is 2. The van der Waals surface area contributed by atoms with Gasteiger partial charge in [-0.05, 0) is 52.3 Å². The van der Waals surface area contributed by atoms with Gasteiger partial charge >= 0.3 is 0 Å². The highest BCUT2D eigenvalue weighted by Gasteiger charge is 2.08. The lowest BCUT2D eigenvalue weighted by atomic mass is 10.2. The van der Waals surface area contributed by atoms with Crippen LogP contribution in [0.4, 0.5) is 0 Å². The standard InChI is InChI=1S/C13H9Br2ClN2O/c14-7-1-4-11(16)12(5-7)19-8-2-3-9(13(17)18)10(15)6-8/h1-6H,(H3,17,18). The fourth-order valence-corrected chi connectivity index (χ4v) is 2.53. The van der Waals surface area contributed by atoms with E-state index in [0.29, 0.717) is 26.6 Å². The topological polar surface area (TPSA) is 59.1 Å². The van der Waals surface area contributed by atoms with Crippen molar-refractivity contribution in [1.29, 1.82) is 5.41 Å². The van der Waals surface area contributed by atoms with Crippen LogP contribution in [0, 0.1) is 5.41 Å². The van der Waals surface area contributed by atoms with Crippen LogP contribution < -0.4 is 10.5 Å². The van der Waals surface area contributed by atoms with E-state index in [-0.39, 0.29) is 5.84 Å². The maximum atomic E-state index is 7.41. The largest absolute Gasteiger partial charge is 0.456 e. The Morgan fingerprint density at radius 3 is 2.53 bits per heavy atom. The van der Waals surface area contributed by atoms with E-state index in [1.165, 1.54) is 0 Å². The number of nitrogens with two attached hydrogens (primary N) is 1. The first kappa shape index (κ1) is 14.4. The van der Waals surface area contributed by atoms with E-state index in [1.54, 1.807) is 30.3 Å². The van der Waals surface area contributed by atoms with Crippen molar-refractivity contribution in [2.24, 2.45) is 5.73 Å². The van der Waals surface area contributed by atoms with Gasteiger partial charge in [-0.15, -0.1) is 0 Å². The zero-order chi connectivity index (χ0) is 14.0. The van der Waals surface area contributed by atoms with Gasteiger partial charge in [-0.2, -0.15) is 0 Å². The summed E-state index contributed by atoms with van der Waals surface area (Å²) in [6, 6.07) is 10.6. The van der Waals surface area contributed by atoms with Crippen molar-refractivity contribution >= 4 is 49.3 Å². The van der Waals surface area contributed by atoms with E-state index in [2.05, 4.69) is 31.9 Å². The lowest BCUT2D eigenvalue weighted by Gasteiger charge is -2.10. The Bertz CT molecular complexity index is 647. The molecule has 0 radical (unpaired) electrons. The maximum Gasteiger partial charge on any atom is 0.147 e. The highest BCUT2D eigenvalue weighted by Crippen LogP contribution is 2.33. The summed E-state index contributed by atoms with van der Waals surface area (Å²) in [7, 11) is 0. The Hall–Kier alpha value is -1.04. The van der Waals surface area contributed by atoms with Crippen LogP contribution in [0.25, 0.3) is 0 Å². The average molecular weight is 404 g/mol. The van der Waals surface area contributed by atoms with Crippen LogP contribution >= 0.6 is 43.5 Å². The van der Waals surface area contributed by atoms with Crippen molar-refractivity contribution in [2.75, 3.05) is 0 Å². The average Bonchev–Trinajstić information content (AvgIpc) is 2.33. The van der Waals surface area contributed by atoms with Crippen LogP contribution in [-0.2, 0) is 0 Å². The Kier molecular flexibility index (Phi) is 4.50. The second kappa shape index (κ2) is 5.94. The first-order chi connectivity index (χ1) is 8.97. The third-order valence-electron chi connectivity index (χ3n) is 2.35. The van der Waals surface area contributed by atoms with Crippen LogP contribution in [0.15, 0.2) is 45.3 Å². The fourth-order valence-electron chi connectivity index (χ4n) is 1.46. The molecule has 0 unspecified atom stereocenters. The van der Waals surface area contributed by atoms with Crippen LogP contribution in [0.1, 0.15) is 5.56 Å². The Labute approximate surface area is 132 Å². The van der Waals surface area contributed by atoms with Gasteiger partial charge in [0, 0.05) is 14.5 Å². The predicted octanol–water partition coefficient (Wildman–Crippen LogP) is 4.94. The molecule has 0 aliphatic heterocycles. The molecule has 2 aromatic rings. The molecule has 0 spiro atoms. The first-order valence-electron chi connectivity index (χ1n) is 5.24. The highest BCUT2D eigenvalue weighted by molar-refractivity contribution is 9.10. The van der Waals surface area contributed by atoms with E-state index in [9.17, 15) is 0 Å². The normalized spacial score (nSPS) is 10.3. The van der Waals surface area contributed by atoms with E-state index in [4.69, 9.17) is 27.5 Å². The summed E-state index contributed by atoms with van der Waals surface area (Å²) < 4.78 is 7.28. The number of nitrogens with one attached hydrogen (secondary N) is 1. The Morgan fingerprint density at radius 1 is 1.16 bits per heavy atom. The highest BCUT2D eigenvalue weighted by atomic mass is 79.9.